The Hall–Kier alpha value is -2.10. The van der Waals surface area contributed by atoms with Gasteiger partial charge in [0.15, 0.2) is 0 Å². The SMILES string of the molecule is CCN(Cc1cccnc1NC)c1ccccc1F. The molecule has 1 aromatic heterocycles. The van der Waals surface area contributed by atoms with E-state index in [0.717, 1.165) is 17.9 Å². The van der Waals surface area contributed by atoms with Crippen LogP contribution in [0.2, 0.25) is 0 Å². The third-order valence-corrected chi connectivity index (χ3v) is 3.06. The fourth-order valence-corrected chi connectivity index (χ4v) is 2.07. The number of para-hydroxylation sites is 1. The first-order valence-electron chi connectivity index (χ1n) is 6.37. The van der Waals surface area contributed by atoms with E-state index >= 15 is 0 Å². The molecule has 0 spiro atoms. The van der Waals surface area contributed by atoms with Gasteiger partial charge in [-0.1, -0.05) is 18.2 Å². The normalized spacial score (nSPS) is 10.3. The first-order valence-corrected chi connectivity index (χ1v) is 6.37. The Labute approximate surface area is 113 Å². The molecule has 0 radical (unpaired) electrons. The van der Waals surface area contributed by atoms with Gasteiger partial charge in [-0.25, -0.2) is 9.37 Å². The average molecular weight is 259 g/mol. The summed E-state index contributed by atoms with van der Waals surface area (Å²) < 4.78 is 13.8. The van der Waals surface area contributed by atoms with Crippen LogP contribution in [-0.2, 0) is 6.54 Å². The minimum absolute atomic E-state index is 0.195. The van der Waals surface area contributed by atoms with Crippen molar-refractivity contribution in [1.29, 1.82) is 0 Å². The molecule has 2 rings (SSSR count). The Morgan fingerprint density at radius 2 is 2.00 bits per heavy atom. The lowest BCUT2D eigenvalue weighted by Crippen LogP contribution is -2.23. The van der Waals surface area contributed by atoms with Gasteiger partial charge >= 0.3 is 0 Å². The van der Waals surface area contributed by atoms with E-state index in [-0.39, 0.29) is 5.82 Å². The zero-order valence-electron chi connectivity index (χ0n) is 11.2. The van der Waals surface area contributed by atoms with Gasteiger partial charge in [0.1, 0.15) is 11.6 Å². The Morgan fingerprint density at radius 3 is 2.68 bits per heavy atom. The van der Waals surface area contributed by atoms with Crippen molar-refractivity contribution >= 4 is 11.5 Å². The van der Waals surface area contributed by atoms with Crippen LogP contribution in [0, 0.1) is 5.82 Å². The molecule has 1 N–H and O–H groups in total. The third kappa shape index (κ3) is 3.02. The predicted molar refractivity (Wildman–Crippen MR) is 76.9 cm³/mol. The first kappa shape index (κ1) is 13.3. The summed E-state index contributed by atoms with van der Waals surface area (Å²) >= 11 is 0. The van der Waals surface area contributed by atoms with Gasteiger partial charge in [0.2, 0.25) is 0 Å². The second-order valence-electron chi connectivity index (χ2n) is 4.23. The van der Waals surface area contributed by atoms with Crippen molar-refractivity contribution in [3.8, 4) is 0 Å². The van der Waals surface area contributed by atoms with E-state index in [1.807, 2.05) is 37.1 Å². The van der Waals surface area contributed by atoms with Gasteiger partial charge in [0, 0.05) is 31.9 Å². The first-order chi connectivity index (χ1) is 9.26. The molecular formula is C15H18FN3. The molecule has 0 aliphatic heterocycles. The van der Waals surface area contributed by atoms with Crippen molar-refractivity contribution < 1.29 is 4.39 Å². The standard InChI is InChI=1S/C15H18FN3/c1-3-19(14-9-5-4-8-13(14)16)11-12-7-6-10-18-15(12)17-2/h4-10H,3,11H2,1-2H3,(H,17,18). The molecule has 0 fully saturated rings. The van der Waals surface area contributed by atoms with Crippen molar-refractivity contribution in [2.45, 2.75) is 13.5 Å². The number of rotatable bonds is 5. The van der Waals surface area contributed by atoms with E-state index < -0.39 is 0 Å². The number of halogens is 1. The largest absolute Gasteiger partial charge is 0.373 e. The molecule has 0 aliphatic rings. The maximum atomic E-state index is 13.8. The summed E-state index contributed by atoms with van der Waals surface area (Å²) in [7, 11) is 1.84. The van der Waals surface area contributed by atoms with Crippen LogP contribution >= 0.6 is 0 Å². The minimum Gasteiger partial charge on any atom is -0.373 e. The number of nitrogens with zero attached hydrogens (tertiary/aromatic N) is 2. The Balaban J connectivity index is 2.27. The molecule has 0 saturated heterocycles. The average Bonchev–Trinajstić information content (AvgIpc) is 2.46. The number of anilines is 2. The van der Waals surface area contributed by atoms with E-state index in [0.29, 0.717) is 12.2 Å². The zero-order chi connectivity index (χ0) is 13.7. The maximum Gasteiger partial charge on any atom is 0.146 e. The summed E-state index contributed by atoms with van der Waals surface area (Å²) in [4.78, 5) is 6.26. The highest BCUT2D eigenvalue weighted by Crippen LogP contribution is 2.22. The molecular weight excluding hydrogens is 241 g/mol. The number of hydrogen-bond acceptors (Lipinski definition) is 3. The molecule has 3 nitrogen and oxygen atoms in total. The lowest BCUT2D eigenvalue weighted by molar-refractivity contribution is 0.618. The number of nitrogens with one attached hydrogen (secondary N) is 1. The predicted octanol–water partition coefficient (Wildman–Crippen LogP) is 3.29. The van der Waals surface area contributed by atoms with Gasteiger partial charge in [-0.15, -0.1) is 0 Å². The van der Waals surface area contributed by atoms with Gasteiger partial charge < -0.3 is 10.2 Å². The lowest BCUT2D eigenvalue weighted by Gasteiger charge is -2.24. The van der Waals surface area contributed by atoms with Gasteiger partial charge in [0.05, 0.1) is 5.69 Å². The zero-order valence-corrected chi connectivity index (χ0v) is 11.2. The van der Waals surface area contributed by atoms with Crippen LogP contribution in [0.25, 0.3) is 0 Å². The van der Waals surface area contributed by atoms with Crippen LogP contribution in [-0.4, -0.2) is 18.6 Å². The molecule has 2 aromatic rings. The second kappa shape index (κ2) is 6.18. The van der Waals surface area contributed by atoms with Crippen LogP contribution in [0.1, 0.15) is 12.5 Å². The number of pyridine rings is 1. The van der Waals surface area contributed by atoms with Crippen molar-refractivity contribution in [3.63, 3.8) is 0 Å². The van der Waals surface area contributed by atoms with Gasteiger partial charge in [-0.3, -0.25) is 0 Å². The Bertz CT molecular complexity index is 542. The molecule has 100 valence electrons. The summed E-state index contributed by atoms with van der Waals surface area (Å²) in [5, 5.41) is 3.06. The van der Waals surface area contributed by atoms with Crippen molar-refractivity contribution in [2.75, 3.05) is 23.8 Å². The fourth-order valence-electron chi connectivity index (χ4n) is 2.07. The molecule has 0 amide bonds. The summed E-state index contributed by atoms with van der Waals surface area (Å²) in [5.41, 5.74) is 1.67. The second-order valence-corrected chi connectivity index (χ2v) is 4.23. The quantitative estimate of drug-likeness (QED) is 0.893. The van der Waals surface area contributed by atoms with Crippen molar-refractivity contribution in [2.24, 2.45) is 0 Å². The highest BCUT2D eigenvalue weighted by atomic mass is 19.1. The smallest absolute Gasteiger partial charge is 0.146 e. The van der Waals surface area contributed by atoms with Crippen LogP contribution in [0.4, 0.5) is 15.9 Å². The van der Waals surface area contributed by atoms with E-state index in [1.54, 1.807) is 18.3 Å². The van der Waals surface area contributed by atoms with E-state index in [9.17, 15) is 4.39 Å². The lowest BCUT2D eigenvalue weighted by atomic mass is 10.2. The minimum atomic E-state index is -0.195. The molecule has 0 bridgehead atoms. The monoisotopic (exact) mass is 259 g/mol. The van der Waals surface area contributed by atoms with Gasteiger partial charge in [-0.05, 0) is 25.1 Å². The Kier molecular flexibility index (Phi) is 4.34. The summed E-state index contributed by atoms with van der Waals surface area (Å²) in [6, 6.07) is 10.7. The van der Waals surface area contributed by atoms with E-state index in [1.165, 1.54) is 6.07 Å². The summed E-state index contributed by atoms with van der Waals surface area (Å²) in [5.74, 6) is 0.636. The molecule has 0 unspecified atom stereocenters. The fraction of sp³-hybridized carbons (Fsp3) is 0.267. The molecule has 19 heavy (non-hydrogen) atoms. The van der Waals surface area contributed by atoms with Crippen LogP contribution < -0.4 is 10.2 Å². The maximum absolute atomic E-state index is 13.8. The Morgan fingerprint density at radius 1 is 1.21 bits per heavy atom. The highest BCUT2D eigenvalue weighted by Gasteiger charge is 2.11. The molecule has 0 aliphatic carbocycles. The number of hydrogen-bond donors (Lipinski definition) is 1. The highest BCUT2D eigenvalue weighted by molar-refractivity contribution is 5.51. The van der Waals surface area contributed by atoms with Crippen LogP contribution in [0.3, 0.4) is 0 Å². The molecule has 1 aromatic carbocycles. The number of benzene rings is 1. The van der Waals surface area contributed by atoms with Crippen molar-refractivity contribution in [3.05, 3.63) is 54.0 Å². The van der Waals surface area contributed by atoms with Gasteiger partial charge in [0.25, 0.3) is 0 Å². The van der Waals surface area contributed by atoms with Crippen LogP contribution in [0.15, 0.2) is 42.6 Å². The molecule has 1 heterocycles. The van der Waals surface area contributed by atoms with Gasteiger partial charge in [-0.2, -0.15) is 0 Å². The van der Waals surface area contributed by atoms with Crippen LogP contribution in [0.5, 0.6) is 0 Å². The van der Waals surface area contributed by atoms with E-state index in [2.05, 4.69) is 10.3 Å². The number of aromatic nitrogens is 1. The molecule has 0 saturated carbocycles. The summed E-state index contributed by atoms with van der Waals surface area (Å²) in [6.45, 7) is 3.38. The van der Waals surface area contributed by atoms with E-state index in [4.69, 9.17) is 0 Å². The summed E-state index contributed by atoms with van der Waals surface area (Å²) in [6.07, 6.45) is 1.74. The third-order valence-electron chi connectivity index (χ3n) is 3.06. The molecule has 4 heteroatoms. The van der Waals surface area contributed by atoms with Crippen molar-refractivity contribution in [1.82, 2.24) is 4.98 Å². The molecule has 0 atom stereocenters. The topological polar surface area (TPSA) is 28.2 Å².